The Hall–Kier alpha value is -1.50. The number of aromatic nitrogens is 1. The Labute approximate surface area is 58.5 Å². The van der Waals surface area contributed by atoms with Crippen LogP contribution in [0.15, 0.2) is 10.6 Å². The molecule has 0 saturated carbocycles. The zero-order chi connectivity index (χ0) is 7.40. The Morgan fingerprint density at radius 2 is 2.70 bits per heavy atom. The normalized spacial score (nSPS) is 8.80. The zero-order valence-corrected chi connectivity index (χ0v) is 5.59. The van der Waals surface area contributed by atoms with Crippen molar-refractivity contribution in [1.82, 2.24) is 10.3 Å². The van der Waals surface area contributed by atoms with E-state index in [2.05, 4.69) is 10.3 Å². The summed E-state index contributed by atoms with van der Waals surface area (Å²) in [6.45, 7) is 2.17. The van der Waals surface area contributed by atoms with E-state index in [4.69, 9.17) is 9.68 Å². The number of nitrogens with one attached hydrogen (secondary N) is 1. The van der Waals surface area contributed by atoms with Crippen LogP contribution in [-0.4, -0.2) is 4.98 Å². The van der Waals surface area contributed by atoms with Gasteiger partial charge in [-0.25, -0.2) is 4.98 Å². The average Bonchev–Trinajstić information content (AvgIpc) is 2.31. The maximum absolute atomic E-state index is 8.11. The lowest BCUT2D eigenvalue weighted by atomic mass is 10.5. The molecule has 0 unspecified atom stereocenters. The summed E-state index contributed by atoms with van der Waals surface area (Å²) in [7, 11) is 0. The Morgan fingerprint density at radius 3 is 3.20 bits per heavy atom. The van der Waals surface area contributed by atoms with E-state index in [1.807, 2.05) is 0 Å². The van der Waals surface area contributed by atoms with Crippen LogP contribution >= 0.6 is 0 Å². The Kier molecular flexibility index (Phi) is 1.90. The van der Waals surface area contributed by atoms with Gasteiger partial charge in [-0.1, -0.05) is 0 Å². The molecule has 0 aliphatic rings. The first kappa shape index (κ1) is 6.62. The fourth-order valence-corrected chi connectivity index (χ4v) is 0.614. The van der Waals surface area contributed by atoms with Gasteiger partial charge < -0.3 is 9.73 Å². The molecule has 52 valence electrons. The number of hydrogen-bond acceptors (Lipinski definition) is 4. The molecule has 1 aromatic rings. The molecule has 1 N–H and O–H groups in total. The van der Waals surface area contributed by atoms with Gasteiger partial charge in [0.25, 0.3) is 0 Å². The summed E-state index contributed by atoms with van der Waals surface area (Å²) < 4.78 is 5.06. The lowest BCUT2D eigenvalue weighted by Crippen LogP contribution is -2.02. The van der Waals surface area contributed by atoms with E-state index in [0.717, 1.165) is 0 Å². The number of nitriles is 1. The topological polar surface area (TPSA) is 61.9 Å². The van der Waals surface area contributed by atoms with Gasteiger partial charge >= 0.3 is 0 Å². The van der Waals surface area contributed by atoms with Crippen LogP contribution in [0, 0.1) is 18.4 Å². The van der Waals surface area contributed by atoms with E-state index >= 15 is 0 Å². The highest BCUT2D eigenvalue weighted by Gasteiger charge is 1.96. The second-order valence-electron chi connectivity index (χ2n) is 1.81. The molecule has 0 amide bonds. The predicted octanol–water partition coefficient (Wildman–Crippen LogP) is 0.554. The number of hydrogen-bond donors (Lipinski definition) is 1. The van der Waals surface area contributed by atoms with Crippen LogP contribution < -0.4 is 5.32 Å². The molecular weight excluding hydrogens is 130 g/mol. The lowest BCUT2D eigenvalue weighted by Gasteiger charge is -1.88. The smallest absolute Gasteiger partial charge is 0.191 e. The highest BCUT2D eigenvalue weighted by molar-refractivity contribution is 4.93. The van der Waals surface area contributed by atoms with Crippen molar-refractivity contribution >= 4 is 0 Å². The van der Waals surface area contributed by atoms with E-state index < -0.39 is 0 Å². The summed E-state index contributed by atoms with van der Waals surface area (Å²) in [5.41, 5.74) is 0. The average molecular weight is 137 g/mol. The van der Waals surface area contributed by atoms with Crippen molar-refractivity contribution in [2.45, 2.75) is 13.5 Å². The molecule has 0 aliphatic carbocycles. The highest BCUT2D eigenvalue weighted by Crippen LogP contribution is 2.00. The van der Waals surface area contributed by atoms with Gasteiger partial charge in [0.2, 0.25) is 0 Å². The van der Waals surface area contributed by atoms with Crippen LogP contribution in [0.25, 0.3) is 0 Å². The van der Waals surface area contributed by atoms with Crippen molar-refractivity contribution in [2.24, 2.45) is 0 Å². The van der Waals surface area contributed by atoms with Crippen LogP contribution in [-0.2, 0) is 6.54 Å². The van der Waals surface area contributed by atoms with Crippen LogP contribution in [0.1, 0.15) is 11.7 Å². The third-order valence-electron chi connectivity index (χ3n) is 1.01. The zero-order valence-electron chi connectivity index (χ0n) is 5.59. The van der Waals surface area contributed by atoms with Crippen LogP contribution in [0.3, 0.4) is 0 Å². The SMILES string of the molecule is Cc1ncc(CNC#N)o1. The maximum Gasteiger partial charge on any atom is 0.191 e. The van der Waals surface area contributed by atoms with Gasteiger partial charge in [0.1, 0.15) is 5.76 Å². The summed E-state index contributed by atoms with van der Waals surface area (Å²) in [6.07, 6.45) is 3.38. The van der Waals surface area contributed by atoms with Crippen LogP contribution in [0.5, 0.6) is 0 Å². The summed E-state index contributed by atoms with van der Waals surface area (Å²) in [5.74, 6) is 1.30. The maximum atomic E-state index is 8.11. The molecule has 0 aromatic carbocycles. The van der Waals surface area contributed by atoms with Gasteiger partial charge in [0, 0.05) is 6.92 Å². The number of oxazole rings is 1. The van der Waals surface area contributed by atoms with Crippen molar-refractivity contribution in [3.8, 4) is 6.19 Å². The second-order valence-corrected chi connectivity index (χ2v) is 1.81. The van der Waals surface area contributed by atoms with E-state index in [1.165, 1.54) is 0 Å². The minimum absolute atomic E-state index is 0.414. The van der Waals surface area contributed by atoms with E-state index in [1.54, 1.807) is 19.3 Å². The monoisotopic (exact) mass is 137 g/mol. The molecule has 1 rings (SSSR count). The van der Waals surface area contributed by atoms with E-state index in [0.29, 0.717) is 18.2 Å². The van der Waals surface area contributed by atoms with Gasteiger partial charge in [-0.3, -0.25) is 0 Å². The Morgan fingerprint density at radius 1 is 1.90 bits per heavy atom. The van der Waals surface area contributed by atoms with Crippen LogP contribution in [0.2, 0.25) is 0 Å². The second kappa shape index (κ2) is 2.87. The molecule has 0 spiro atoms. The van der Waals surface area contributed by atoms with Gasteiger partial charge in [-0.05, 0) is 0 Å². The molecule has 0 bridgehead atoms. The largest absolute Gasteiger partial charge is 0.444 e. The predicted molar refractivity (Wildman–Crippen MR) is 33.7 cm³/mol. The quantitative estimate of drug-likeness (QED) is 0.477. The molecule has 0 saturated heterocycles. The highest BCUT2D eigenvalue weighted by atomic mass is 16.4. The first-order valence-electron chi connectivity index (χ1n) is 2.86. The molecule has 0 fully saturated rings. The van der Waals surface area contributed by atoms with Gasteiger partial charge in [0.05, 0.1) is 12.7 Å². The standard InChI is InChI=1S/C6H7N3O/c1-5-9-3-6(10-5)2-8-4-7/h3,8H,2H2,1H3. The molecule has 0 atom stereocenters. The van der Waals surface area contributed by atoms with Gasteiger partial charge in [-0.2, -0.15) is 5.26 Å². The van der Waals surface area contributed by atoms with Crippen LogP contribution in [0.4, 0.5) is 0 Å². The molecule has 0 aliphatic heterocycles. The van der Waals surface area contributed by atoms with Crippen molar-refractivity contribution in [2.75, 3.05) is 0 Å². The van der Waals surface area contributed by atoms with Gasteiger partial charge in [-0.15, -0.1) is 0 Å². The van der Waals surface area contributed by atoms with Gasteiger partial charge in [0.15, 0.2) is 12.1 Å². The number of nitrogens with zero attached hydrogens (tertiary/aromatic N) is 2. The van der Waals surface area contributed by atoms with E-state index in [9.17, 15) is 0 Å². The molecular formula is C6H7N3O. The molecule has 4 nitrogen and oxygen atoms in total. The summed E-state index contributed by atoms with van der Waals surface area (Å²) >= 11 is 0. The molecule has 1 aromatic heterocycles. The Bertz CT molecular complexity index is 248. The van der Waals surface area contributed by atoms with Crippen molar-refractivity contribution < 1.29 is 4.42 Å². The first-order chi connectivity index (χ1) is 4.83. The van der Waals surface area contributed by atoms with Crippen molar-refractivity contribution in [3.63, 3.8) is 0 Å². The summed E-state index contributed by atoms with van der Waals surface area (Å²) in [5, 5.41) is 10.6. The van der Waals surface area contributed by atoms with E-state index in [-0.39, 0.29) is 0 Å². The third kappa shape index (κ3) is 1.49. The number of aryl methyl sites for hydroxylation is 1. The minimum Gasteiger partial charge on any atom is -0.444 e. The minimum atomic E-state index is 0.414. The van der Waals surface area contributed by atoms with Crippen molar-refractivity contribution in [1.29, 1.82) is 5.26 Å². The molecule has 1 heterocycles. The molecule has 4 heteroatoms. The molecule has 0 radical (unpaired) electrons. The fraction of sp³-hybridized carbons (Fsp3) is 0.333. The number of rotatable bonds is 2. The van der Waals surface area contributed by atoms with Crippen molar-refractivity contribution in [3.05, 3.63) is 17.8 Å². The lowest BCUT2D eigenvalue weighted by molar-refractivity contribution is 0.468. The fourth-order valence-electron chi connectivity index (χ4n) is 0.614. The summed E-state index contributed by atoms with van der Waals surface area (Å²) in [6, 6.07) is 0. The Balaban J connectivity index is 2.52. The molecule has 10 heavy (non-hydrogen) atoms. The third-order valence-corrected chi connectivity index (χ3v) is 1.01. The first-order valence-corrected chi connectivity index (χ1v) is 2.86. The summed E-state index contributed by atoms with van der Waals surface area (Å²) in [4.78, 5) is 3.85.